The molecule has 2 amide bonds. The molecule has 0 unspecified atom stereocenters. The molecule has 0 fully saturated rings. The monoisotopic (exact) mass is 366 g/mol. The Hall–Kier alpha value is -3.32. The van der Waals surface area contributed by atoms with Crippen molar-refractivity contribution in [1.29, 1.82) is 0 Å². The lowest BCUT2D eigenvalue weighted by Crippen LogP contribution is -2.14. The van der Waals surface area contributed by atoms with Crippen LogP contribution in [0.5, 0.6) is 11.5 Å². The van der Waals surface area contributed by atoms with Crippen molar-refractivity contribution in [2.75, 3.05) is 17.4 Å². The molecule has 6 nitrogen and oxygen atoms in total. The quantitative estimate of drug-likeness (QED) is 0.732. The summed E-state index contributed by atoms with van der Waals surface area (Å²) in [6.07, 6.45) is 0. The van der Waals surface area contributed by atoms with Crippen molar-refractivity contribution >= 4 is 34.5 Å². The number of fused-ring (bicyclic) bond motifs is 1. The molecular formula is C19H14N2O4S. The minimum absolute atomic E-state index is 0.179. The Kier molecular flexibility index (Phi) is 4.28. The van der Waals surface area contributed by atoms with E-state index >= 15 is 0 Å². The maximum Gasteiger partial charge on any atom is 0.265 e. The molecule has 0 radical (unpaired) electrons. The smallest absolute Gasteiger partial charge is 0.265 e. The number of benzene rings is 2. The maximum absolute atomic E-state index is 12.5. The van der Waals surface area contributed by atoms with Crippen LogP contribution >= 0.6 is 11.3 Å². The van der Waals surface area contributed by atoms with E-state index in [1.165, 1.54) is 11.3 Å². The Morgan fingerprint density at radius 1 is 0.846 bits per heavy atom. The highest BCUT2D eigenvalue weighted by atomic mass is 32.1. The van der Waals surface area contributed by atoms with Crippen molar-refractivity contribution in [1.82, 2.24) is 0 Å². The van der Waals surface area contributed by atoms with Gasteiger partial charge in [-0.15, -0.1) is 11.3 Å². The van der Waals surface area contributed by atoms with Crippen LogP contribution in [0.1, 0.15) is 20.0 Å². The molecule has 2 aromatic carbocycles. The highest BCUT2D eigenvalue weighted by Gasteiger charge is 2.15. The van der Waals surface area contributed by atoms with Crippen molar-refractivity contribution in [3.05, 3.63) is 70.4 Å². The van der Waals surface area contributed by atoms with E-state index < -0.39 is 0 Å². The van der Waals surface area contributed by atoms with E-state index in [2.05, 4.69) is 10.6 Å². The fourth-order valence-electron chi connectivity index (χ4n) is 2.52. The van der Waals surface area contributed by atoms with E-state index in [0.717, 1.165) is 0 Å². The average Bonchev–Trinajstić information content (AvgIpc) is 3.33. The van der Waals surface area contributed by atoms with Crippen molar-refractivity contribution in [2.45, 2.75) is 0 Å². The van der Waals surface area contributed by atoms with Crippen LogP contribution in [0.2, 0.25) is 0 Å². The molecule has 0 bridgehead atoms. The van der Waals surface area contributed by atoms with Crippen LogP contribution in [0.3, 0.4) is 0 Å². The molecule has 0 spiro atoms. The first-order valence-corrected chi connectivity index (χ1v) is 8.73. The summed E-state index contributed by atoms with van der Waals surface area (Å²) in [6, 6.07) is 15.5. The van der Waals surface area contributed by atoms with Gasteiger partial charge in [0.25, 0.3) is 11.8 Å². The second-order valence-electron chi connectivity index (χ2n) is 5.53. The largest absolute Gasteiger partial charge is 0.454 e. The van der Waals surface area contributed by atoms with Crippen molar-refractivity contribution in [2.24, 2.45) is 0 Å². The van der Waals surface area contributed by atoms with Crippen LogP contribution in [0.4, 0.5) is 11.4 Å². The molecule has 2 N–H and O–H groups in total. The van der Waals surface area contributed by atoms with E-state index in [0.29, 0.717) is 33.3 Å². The topological polar surface area (TPSA) is 76.7 Å². The Labute approximate surface area is 153 Å². The molecule has 26 heavy (non-hydrogen) atoms. The van der Waals surface area contributed by atoms with Gasteiger partial charge in [-0.25, -0.2) is 0 Å². The number of hydrogen-bond donors (Lipinski definition) is 2. The predicted octanol–water partition coefficient (Wildman–Crippen LogP) is 3.98. The highest BCUT2D eigenvalue weighted by molar-refractivity contribution is 7.12. The van der Waals surface area contributed by atoms with Crippen LogP contribution in [-0.4, -0.2) is 18.6 Å². The first kappa shape index (κ1) is 16.2. The summed E-state index contributed by atoms with van der Waals surface area (Å²) in [5.41, 5.74) is 1.60. The first-order chi connectivity index (χ1) is 12.7. The van der Waals surface area contributed by atoms with Gasteiger partial charge in [0.05, 0.1) is 4.88 Å². The number of nitrogens with one attached hydrogen (secondary N) is 2. The number of ether oxygens (including phenoxy) is 2. The molecule has 130 valence electrons. The van der Waals surface area contributed by atoms with E-state index in [1.807, 2.05) is 11.4 Å². The normalized spacial score (nSPS) is 11.8. The first-order valence-electron chi connectivity index (χ1n) is 7.85. The summed E-state index contributed by atoms with van der Waals surface area (Å²) in [6.45, 7) is 0.179. The summed E-state index contributed by atoms with van der Waals surface area (Å²) in [5, 5.41) is 7.44. The van der Waals surface area contributed by atoms with Crippen LogP contribution < -0.4 is 20.1 Å². The maximum atomic E-state index is 12.5. The number of rotatable bonds is 4. The predicted molar refractivity (Wildman–Crippen MR) is 99.2 cm³/mol. The second-order valence-corrected chi connectivity index (χ2v) is 6.48. The molecular weight excluding hydrogens is 352 g/mol. The molecule has 3 aromatic rings. The van der Waals surface area contributed by atoms with Crippen molar-refractivity contribution < 1.29 is 19.1 Å². The van der Waals surface area contributed by atoms with E-state index in [4.69, 9.17) is 9.47 Å². The lowest BCUT2D eigenvalue weighted by atomic mass is 10.1. The zero-order chi connectivity index (χ0) is 17.9. The van der Waals surface area contributed by atoms with Crippen LogP contribution in [0.25, 0.3) is 0 Å². The van der Waals surface area contributed by atoms with Gasteiger partial charge in [0.1, 0.15) is 0 Å². The number of carbonyl (C=O) groups is 2. The van der Waals surface area contributed by atoms with E-state index in [-0.39, 0.29) is 18.6 Å². The standard InChI is InChI=1S/C19H14N2O4S/c22-18(20-14-6-7-15-16(10-14)25-11-24-15)12-3-1-4-13(9-12)21-19(23)17-5-2-8-26-17/h1-10H,11H2,(H,20,22)(H,21,23). The summed E-state index contributed by atoms with van der Waals surface area (Å²) in [5.74, 6) is 0.769. The molecule has 1 aliphatic rings. The number of thiophene rings is 1. The average molecular weight is 366 g/mol. The number of hydrogen-bond acceptors (Lipinski definition) is 5. The summed E-state index contributed by atoms with van der Waals surface area (Å²) in [4.78, 5) is 25.2. The van der Waals surface area contributed by atoms with Gasteiger partial charge in [-0.2, -0.15) is 0 Å². The van der Waals surface area contributed by atoms with Gasteiger partial charge in [0.15, 0.2) is 11.5 Å². The van der Waals surface area contributed by atoms with Crippen LogP contribution in [-0.2, 0) is 0 Å². The Morgan fingerprint density at radius 3 is 2.50 bits per heavy atom. The highest BCUT2D eigenvalue weighted by Crippen LogP contribution is 2.34. The minimum Gasteiger partial charge on any atom is -0.454 e. The molecule has 0 aliphatic carbocycles. The fraction of sp³-hybridized carbons (Fsp3) is 0.0526. The van der Waals surface area contributed by atoms with Crippen LogP contribution in [0, 0.1) is 0 Å². The van der Waals surface area contributed by atoms with Gasteiger partial charge in [-0.3, -0.25) is 9.59 Å². The van der Waals surface area contributed by atoms with E-state index in [9.17, 15) is 9.59 Å². The fourth-order valence-corrected chi connectivity index (χ4v) is 3.14. The Balaban J connectivity index is 1.47. The number of amides is 2. The Bertz CT molecular complexity index is 969. The van der Waals surface area contributed by atoms with Gasteiger partial charge in [-0.05, 0) is 41.8 Å². The van der Waals surface area contributed by atoms with Crippen molar-refractivity contribution in [3.8, 4) is 11.5 Å². The lowest BCUT2D eigenvalue weighted by molar-refractivity contribution is 0.101. The molecule has 0 atom stereocenters. The Morgan fingerprint density at radius 2 is 1.65 bits per heavy atom. The summed E-state index contributed by atoms with van der Waals surface area (Å²) in [7, 11) is 0. The zero-order valence-corrected chi connectivity index (χ0v) is 14.3. The molecule has 2 heterocycles. The van der Waals surface area contributed by atoms with Crippen LogP contribution in [0.15, 0.2) is 60.0 Å². The minimum atomic E-state index is -0.281. The molecule has 0 saturated heterocycles. The van der Waals surface area contributed by atoms with Gasteiger partial charge < -0.3 is 20.1 Å². The molecule has 4 rings (SSSR count). The molecule has 7 heteroatoms. The zero-order valence-electron chi connectivity index (χ0n) is 13.5. The third-order valence-corrected chi connectivity index (χ3v) is 4.63. The summed E-state index contributed by atoms with van der Waals surface area (Å²) >= 11 is 1.36. The lowest BCUT2D eigenvalue weighted by Gasteiger charge is -2.08. The third-order valence-electron chi connectivity index (χ3n) is 3.76. The molecule has 1 aromatic heterocycles. The van der Waals surface area contributed by atoms with Gasteiger partial charge in [-0.1, -0.05) is 12.1 Å². The number of anilines is 2. The second kappa shape index (κ2) is 6.89. The van der Waals surface area contributed by atoms with E-state index in [1.54, 1.807) is 48.5 Å². The summed E-state index contributed by atoms with van der Waals surface area (Å²) < 4.78 is 10.6. The molecule has 0 saturated carbocycles. The third kappa shape index (κ3) is 3.38. The van der Waals surface area contributed by atoms with Crippen molar-refractivity contribution in [3.63, 3.8) is 0 Å². The SMILES string of the molecule is O=C(Nc1ccc2c(c1)OCO2)c1cccc(NC(=O)c2cccs2)c1. The molecule has 1 aliphatic heterocycles. The van der Waals surface area contributed by atoms with Gasteiger partial charge >= 0.3 is 0 Å². The van der Waals surface area contributed by atoms with Gasteiger partial charge in [0, 0.05) is 23.0 Å². The van der Waals surface area contributed by atoms with Gasteiger partial charge in [0.2, 0.25) is 6.79 Å². The number of carbonyl (C=O) groups excluding carboxylic acids is 2.